The van der Waals surface area contributed by atoms with Gasteiger partial charge in [0.1, 0.15) is 0 Å². The number of carboxylic acid groups (broad SMARTS) is 1. The fourth-order valence-corrected chi connectivity index (χ4v) is 2.02. The van der Waals surface area contributed by atoms with Crippen LogP contribution in [0.15, 0.2) is 24.3 Å². The Balaban J connectivity index is 1.95. The van der Waals surface area contributed by atoms with Gasteiger partial charge in [-0.05, 0) is 30.5 Å². The van der Waals surface area contributed by atoms with E-state index in [1.54, 1.807) is 18.2 Å². The molecule has 1 unspecified atom stereocenters. The maximum Gasteiger partial charge on any atom is 0.335 e. The normalized spacial score (nSPS) is 19.3. The lowest BCUT2D eigenvalue weighted by Gasteiger charge is -2.22. The van der Waals surface area contributed by atoms with Gasteiger partial charge in [0.15, 0.2) is 0 Å². The predicted octanol–water partition coefficient (Wildman–Crippen LogP) is 0.753. The molecule has 2 rings (SSSR count). The van der Waals surface area contributed by atoms with Crippen LogP contribution in [0.2, 0.25) is 0 Å². The summed E-state index contributed by atoms with van der Waals surface area (Å²) in [6, 6.07) is 6.56. The van der Waals surface area contributed by atoms with Gasteiger partial charge >= 0.3 is 5.97 Å². The number of hydrogen-bond acceptors (Lipinski definition) is 3. The van der Waals surface area contributed by atoms with Crippen molar-refractivity contribution in [2.75, 3.05) is 6.54 Å². The lowest BCUT2D eigenvalue weighted by Crippen LogP contribution is -2.47. The molecule has 96 valence electrons. The molecule has 1 aromatic carbocycles. The van der Waals surface area contributed by atoms with E-state index in [4.69, 9.17) is 5.11 Å². The summed E-state index contributed by atoms with van der Waals surface area (Å²) in [7, 11) is 0. The van der Waals surface area contributed by atoms with Crippen LogP contribution in [0, 0.1) is 0 Å². The largest absolute Gasteiger partial charge is 0.478 e. The van der Waals surface area contributed by atoms with E-state index in [0.717, 1.165) is 24.9 Å². The van der Waals surface area contributed by atoms with Crippen LogP contribution in [0.1, 0.15) is 28.8 Å². The fraction of sp³-hybridized carbons (Fsp3) is 0.385. The number of aromatic carboxylic acids is 1. The third-order valence-corrected chi connectivity index (χ3v) is 3.01. The van der Waals surface area contributed by atoms with Crippen molar-refractivity contribution in [1.82, 2.24) is 10.6 Å². The van der Waals surface area contributed by atoms with Crippen LogP contribution in [0.25, 0.3) is 0 Å². The standard InChI is InChI=1S/C13H16N2O3/c16-12-11(5-2-6-14-12)15-8-9-3-1-4-10(7-9)13(17)18/h1,3-4,7,11,15H,2,5-6,8H2,(H,14,16)(H,17,18). The minimum Gasteiger partial charge on any atom is -0.478 e. The third-order valence-electron chi connectivity index (χ3n) is 3.01. The quantitative estimate of drug-likeness (QED) is 0.735. The molecule has 0 saturated carbocycles. The third kappa shape index (κ3) is 3.07. The van der Waals surface area contributed by atoms with Crippen LogP contribution >= 0.6 is 0 Å². The smallest absolute Gasteiger partial charge is 0.335 e. The van der Waals surface area contributed by atoms with E-state index < -0.39 is 5.97 Å². The maximum atomic E-state index is 11.5. The van der Waals surface area contributed by atoms with E-state index in [1.807, 2.05) is 6.07 Å². The van der Waals surface area contributed by atoms with Crippen molar-refractivity contribution in [3.63, 3.8) is 0 Å². The van der Waals surface area contributed by atoms with Crippen molar-refractivity contribution in [2.24, 2.45) is 0 Å². The molecule has 18 heavy (non-hydrogen) atoms. The second kappa shape index (κ2) is 5.64. The molecule has 5 heteroatoms. The zero-order valence-corrected chi connectivity index (χ0v) is 9.98. The van der Waals surface area contributed by atoms with Crippen molar-refractivity contribution >= 4 is 11.9 Å². The van der Waals surface area contributed by atoms with E-state index in [9.17, 15) is 9.59 Å². The number of nitrogens with one attached hydrogen (secondary N) is 2. The first kappa shape index (κ1) is 12.6. The van der Waals surface area contributed by atoms with Crippen LogP contribution in [-0.4, -0.2) is 29.6 Å². The Morgan fingerprint density at radius 3 is 3.06 bits per heavy atom. The van der Waals surface area contributed by atoms with Crippen LogP contribution in [0.4, 0.5) is 0 Å². The van der Waals surface area contributed by atoms with Crippen molar-refractivity contribution in [1.29, 1.82) is 0 Å². The van der Waals surface area contributed by atoms with E-state index >= 15 is 0 Å². The van der Waals surface area contributed by atoms with Crippen molar-refractivity contribution < 1.29 is 14.7 Å². The van der Waals surface area contributed by atoms with Crippen LogP contribution in [0.5, 0.6) is 0 Å². The molecule has 0 radical (unpaired) electrons. The van der Waals surface area contributed by atoms with E-state index in [1.165, 1.54) is 0 Å². The summed E-state index contributed by atoms with van der Waals surface area (Å²) in [5.41, 5.74) is 1.13. The molecule has 1 saturated heterocycles. The molecule has 1 aliphatic heterocycles. The minimum absolute atomic E-state index is 0.0237. The van der Waals surface area contributed by atoms with Gasteiger partial charge in [-0.15, -0.1) is 0 Å². The zero-order valence-electron chi connectivity index (χ0n) is 9.98. The van der Waals surface area contributed by atoms with Crippen LogP contribution in [-0.2, 0) is 11.3 Å². The van der Waals surface area contributed by atoms with Crippen LogP contribution < -0.4 is 10.6 Å². The molecule has 5 nitrogen and oxygen atoms in total. The summed E-state index contributed by atoms with van der Waals surface area (Å²) in [5.74, 6) is -0.914. The van der Waals surface area contributed by atoms with Gasteiger partial charge in [-0.3, -0.25) is 4.79 Å². The summed E-state index contributed by atoms with van der Waals surface area (Å²) < 4.78 is 0. The highest BCUT2D eigenvalue weighted by Crippen LogP contribution is 2.08. The molecule has 1 fully saturated rings. The molecular weight excluding hydrogens is 232 g/mol. The van der Waals surface area contributed by atoms with E-state index in [2.05, 4.69) is 10.6 Å². The average molecular weight is 248 g/mol. The SMILES string of the molecule is O=C(O)c1cccc(CNC2CCCNC2=O)c1. The summed E-state index contributed by atoms with van der Waals surface area (Å²) in [4.78, 5) is 22.3. The molecule has 0 spiro atoms. The predicted molar refractivity (Wildman–Crippen MR) is 66.3 cm³/mol. The summed E-state index contributed by atoms with van der Waals surface area (Å²) in [6.07, 6.45) is 1.79. The zero-order chi connectivity index (χ0) is 13.0. The second-order valence-electron chi connectivity index (χ2n) is 4.37. The molecule has 1 aliphatic rings. The Morgan fingerprint density at radius 1 is 1.50 bits per heavy atom. The average Bonchev–Trinajstić information content (AvgIpc) is 2.38. The van der Waals surface area contributed by atoms with Gasteiger partial charge in [-0.25, -0.2) is 4.79 Å². The molecule has 1 aromatic rings. The first-order valence-electron chi connectivity index (χ1n) is 6.00. The topological polar surface area (TPSA) is 78.4 Å². The number of carboxylic acids is 1. The molecule has 1 atom stereocenters. The maximum absolute atomic E-state index is 11.5. The number of amides is 1. The molecule has 1 amide bonds. The number of hydrogen-bond donors (Lipinski definition) is 3. The van der Waals surface area contributed by atoms with Gasteiger partial charge in [0, 0.05) is 13.1 Å². The van der Waals surface area contributed by atoms with Gasteiger partial charge in [0.25, 0.3) is 0 Å². The highest BCUT2D eigenvalue weighted by Gasteiger charge is 2.20. The van der Waals surface area contributed by atoms with Gasteiger partial charge in [0.2, 0.25) is 5.91 Å². The highest BCUT2D eigenvalue weighted by molar-refractivity contribution is 5.87. The van der Waals surface area contributed by atoms with Crippen LogP contribution in [0.3, 0.4) is 0 Å². The van der Waals surface area contributed by atoms with Gasteiger partial charge in [-0.1, -0.05) is 12.1 Å². The van der Waals surface area contributed by atoms with Gasteiger partial charge in [-0.2, -0.15) is 0 Å². The second-order valence-corrected chi connectivity index (χ2v) is 4.37. The van der Waals surface area contributed by atoms with E-state index in [-0.39, 0.29) is 17.5 Å². The summed E-state index contributed by atoms with van der Waals surface area (Å²) >= 11 is 0. The summed E-state index contributed by atoms with van der Waals surface area (Å²) in [5, 5.41) is 14.8. The molecule has 0 bridgehead atoms. The van der Waals surface area contributed by atoms with Gasteiger partial charge in [0.05, 0.1) is 11.6 Å². The Labute approximate surface area is 105 Å². The molecule has 1 heterocycles. The number of benzene rings is 1. The first-order valence-corrected chi connectivity index (χ1v) is 6.00. The van der Waals surface area contributed by atoms with E-state index in [0.29, 0.717) is 6.54 Å². The van der Waals surface area contributed by atoms with Gasteiger partial charge < -0.3 is 15.7 Å². The molecular formula is C13H16N2O3. The van der Waals surface area contributed by atoms with Crippen molar-refractivity contribution in [3.05, 3.63) is 35.4 Å². The highest BCUT2D eigenvalue weighted by atomic mass is 16.4. The molecule has 0 aliphatic carbocycles. The minimum atomic E-state index is -0.938. The number of carbonyl (C=O) groups excluding carboxylic acids is 1. The fourth-order valence-electron chi connectivity index (χ4n) is 2.02. The molecule has 3 N–H and O–H groups in total. The number of piperidine rings is 1. The number of rotatable bonds is 4. The Morgan fingerprint density at radius 2 is 2.33 bits per heavy atom. The lowest BCUT2D eigenvalue weighted by molar-refractivity contribution is -0.124. The monoisotopic (exact) mass is 248 g/mol. The first-order chi connectivity index (χ1) is 8.66. The lowest BCUT2D eigenvalue weighted by atomic mass is 10.1. The summed E-state index contributed by atoms with van der Waals surface area (Å²) in [6.45, 7) is 1.24. The Hall–Kier alpha value is -1.88. The van der Waals surface area contributed by atoms with Crippen molar-refractivity contribution in [2.45, 2.75) is 25.4 Å². The Bertz CT molecular complexity index is 459. The Kier molecular flexibility index (Phi) is 3.94. The van der Waals surface area contributed by atoms with Crippen molar-refractivity contribution in [3.8, 4) is 0 Å². The number of carbonyl (C=O) groups is 2. The molecule has 0 aromatic heterocycles.